The lowest BCUT2D eigenvalue weighted by Crippen LogP contribution is -2.27. The molecule has 7 nitrogen and oxygen atoms in total. The molecule has 9 heteroatoms. The minimum atomic E-state index is -3.52. The van der Waals surface area contributed by atoms with Crippen molar-refractivity contribution in [1.82, 2.24) is 14.5 Å². The molecule has 0 radical (unpaired) electrons. The van der Waals surface area contributed by atoms with Gasteiger partial charge in [-0.3, -0.25) is 9.89 Å². The number of hydrogen-bond acceptors (Lipinski definition) is 4. The molecule has 0 saturated heterocycles. The van der Waals surface area contributed by atoms with Gasteiger partial charge >= 0.3 is 0 Å². The van der Waals surface area contributed by atoms with Crippen molar-refractivity contribution in [3.8, 4) is 0 Å². The number of fused-ring (bicyclic) bond motifs is 1. The van der Waals surface area contributed by atoms with Gasteiger partial charge in [0.25, 0.3) is 0 Å². The number of aromatic amines is 1. The maximum Gasteiger partial charge on any atom is 0.229 e. The van der Waals surface area contributed by atoms with Crippen molar-refractivity contribution in [3.05, 3.63) is 82.8 Å². The fraction of sp³-hybridized carbons (Fsp3) is 0.200. The number of carbonyl (C=O) groups excluding carboxylic acids is 1. The molecule has 0 unspecified atom stereocenters. The zero-order chi connectivity index (χ0) is 20.4. The summed E-state index contributed by atoms with van der Waals surface area (Å²) in [5.41, 5.74) is 2.64. The molecule has 0 saturated carbocycles. The first-order valence-corrected chi connectivity index (χ1v) is 10.6. The van der Waals surface area contributed by atoms with Crippen LogP contribution in [0.4, 0.5) is 10.2 Å². The lowest BCUT2D eigenvalue weighted by Gasteiger charge is -2.16. The van der Waals surface area contributed by atoms with E-state index in [9.17, 15) is 17.6 Å². The Bertz CT molecular complexity index is 1130. The van der Waals surface area contributed by atoms with Gasteiger partial charge in [-0.25, -0.2) is 12.8 Å². The van der Waals surface area contributed by atoms with E-state index in [0.717, 1.165) is 0 Å². The molecule has 4 rings (SSSR count). The number of amides is 1. The monoisotopic (exact) mass is 414 g/mol. The second-order valence-electron chi connectivity index (χ2n) is 6.89. The smallest absolute Gasteiger partial charge is 0.229 e. The van der Waals surface area contributed by atoms with Crippen molar-refractivity contribution in [2.75, 3.05) is 5.32 Å². The summed E-state index contributed by atoms with van der Waals surface area (Å²) in [6.45, 7) is 0.308. The molecular formula is C20H19FN4O3S. The molecule has 29 heavy (non-hydrogen) atoms. The Morgan fingerprint density at radius 2 is 1.79 bits per heavy atom. The van der Waals surface area contributed by atoms with Crippen LogP contribution < -0.4 is 5.32 Å². The van der Waals surface area contributed by atoms with E-state index >= 15 is 0 Å². The Hall–Kier alpha value is -3.04. The number of anilines is 1. The molecule has 0 fully saturated rings. The maximum absolute atomic E-state index is 13.0. The number of aromatic nitrogens is 2. The lowest BCUT2D eigenvalue weighted by atomic mass is 10.1. The molecule has 2 aromatic carbocycles. The van der Waals surface area contributed by atoms with Crippen molar-refractivity contribution in [1.29, 1.82) is 0 Å². The predicted octanol–water partition coefficient (Wildman–Crippen LogP) is 2.58. The van der Waals surface area contributed by atoms with E-state index in [1.54, 1.807) is 36.4 Å². The summed E-state index contributed by atoms with van der Waals surface area (Å²) < 4.78 is 39.8. The van der Waals surface area contributed by atoms with E-state index in [0.29, 0.717) is 28.2 Å². The third kappa shape index (κ3) is 4.36. The summed E-state index contributed by atoms with van der Waals surface area (Å²) >= 11 is 0. The Morgan fingerprint density at radius 1 is 1.07 bits per heavy atom. The number of nitrogens with zero attached hydrogens (tertiary/aromatic N) is 2. The van der Waals surface area contributed by atoms with Crippen LogP contribution in [0, 0.1) is 5.82 Å². The molecule has 2 heterocycles. The van der Waals surface area contributed by atoms with Crippen LogP contribution in [0.2, 0.25) is 0 Å². The summed E-state index contributed by atoms with van der Waals surface area (Å²) in [4.78, 5) is 12.3. The number of benzene rings is 2. The van der Waals surface area contributed by atoms with Crippen molar-refractivity contribution < 1.29 is 17.6 Å². The average molecular weight is 414 g/mol. The molecule has 1 aliphatic rings. The van der Waals surface area contributed by atoms with E-state index in [4.69, 9.17) is 0 Å². The van der Waals surface area contributed by atoms with Crippen LogP contribution in [0.3, 0.4) is 0 Å². The van der Waals surface area contributed by atoms with Crippen LogP contribution in [-0.2, 0) is 40.1 Å². The van der Waals surface area contributed by atoms with Crippen molar-refractivity contribution in [2.45, 2.75) is 25.3 Å². The third-order valence-corrected chi connectivity index (χ3v) is 6.48. The fourth-order valence-electron chi connectivity index (χ4n) is 3.25. The van der Waals surface area contributed by atoms with Gasteiger partial charge in [0.15, 0.2) is 0 Å². The van der Waals surface area contributed by atoms with E-state index in [-0.39, 0.29) is 37.0 Å². The molecule has 0 aliphatic carbocycles. The number of H-pyrrole nitrogens is 1. The molecule has 3 aromatic rings. The van der Waals surface area contributed by atoms with Crippen LogP contribution >= 0.6 is 0 Å². The Morgan fingerprint density at radius 3 is 2.52 bits per heavy atom. The first kappa shape index (κ1) is 19.3. The molecule has 1 amide bonds. The summed E-state index contributed by atoms with van der Waals surface area (Å²) in [7, 11) is -3.52. The Balaban J connectivity index is 1.42. The van der Waals surface area contributed by atoms with Gasteiger partial charge in [0.05, 0.1) is 24.4 Å². The minimum absolute atomic E-state index is 0.0735. The van der Waals surface area contributed by atoms with Gasteiger partial charge in [-0.05, 0) is 23.3 Å². The summed E-state index contributed by atoms with van der Waals surface area (Å²) in [5, 5.41) is 9.64. The van der Waals surface area contributed by atoms with Gasteiger partial charge in [0, 0.05) is 12.1 Å². The molecule has 150 valence electrons. The first-order chi connectivity index (χ1) is 13.9. The number of halogens is 1. The van der Waals surface area contributed by atoms with E-state index in [1.807, 2.05) is 6.07 Å². The highest BCUT2D eigenvalue weighted by Crippen LogP contribution is 2.30. The largest absolute Gasteiger partial charge is 0.311 e. The highest BCUT2D eigenvalue weighted by Gasteiger charge is 2.33. The van der Waals surface area contributed by atoms with Crippen LogP contribution in [0.1, 0.15) is 22.4 Å². The number of carbonyl (C=O) groups is 1. The third-order valence-electron chi connectivity index (χ3n) is 4.74. The minimum Gasteiger partial charge on any atom is -0.311 e. The maximum atomic E-state index is 13.0. The summed E-state index contributed by atoms with van der Waals surface area (Å²) in [6, 6.07) is 14.7. The molecule has 1 aromatic heterocycles. The molecular weight excluding hydrogens is 395 g/mol. The quantitative estimate of drug-likeness (QED) is 0.648. The zero-order valence-electron chi connectivity index (χ0n) is 15.4. The lowest BCUT2D eigenvalue weighted by molar-refractivity contribution is -0.115. The van der Waals surface area contributed by atoms with Crippen LogP contribution in [-0.4, -0.2) is 28.8 Å². The Labute approximate surface area is 167 Å². The molecule has 0 atom stereocenters. The average Bonchev–Trinajstić information content (AvgIpc) is 3.27. The van der Waals surface area contributed by atoms with Crippen molar-refractivity contribution in [3.63, 3.8) is 0 Å². The molecule has 0 bridgehead atoms. The van der Waals surface area contributed by atoms with Gasteiger partial charge in [-0.2, -0.15) is 9.40 Å². The second-order valence-corrected chi connectivity index (χ2v) is 8.85. The van der Waals surface area contributed by atoms with Gasteiger partial charge in [-0.1, -0.05) is 42.5 Å². The number of hydrogen-bond donors (Lipinski definition) is 2. The topological polar surface area (TPSA) is 95.2 Å². The van der Waals surface area contributed by atoms with Gasteiger partial charge in [-0.15, -0.1) is 0 Å². The molecule has 2 N–H and O–H groups in total. The van der Waals surface area contributed by atoms with E-state index < -0.39 is 10.0 Å². The van der Waals surface area contributed by atoms with Gasteiger partial charge < -0.3 is 5.32 Å². The fourth-order valence-corrected chi connectivity index (χ4v) is 4.69. The highest BCUT2D eigenvalue weighted by atomic mass is 32.2. The molecule has 1 aliphatic heterocycles. The van der Waals surface area contributed by atoms with E-state index in [1.165, 1.54) is 16.4 Å². The van der Waals surface area contributed by atoms with Crippen LogP contribution in [0.15, 0.2) is 54.6 Å². The predicted molar refractivity (Wildman–Crippen MR) is 106 cm³/mol. The van der Waals surface area contributed by atoms with Crippen molar-refractivity contribution >= 4 is 21.7 Å². The van der Waals surface area contributed by atoms with Gasteiger partial charge in [0.2, 0.25) is 15.9 Å². The van der Waals surface area contributed by atoms with E-state index in [2.05, 4.69) is 15.5 Å². The normalized spacial score (nSPS) is 14.0. The first-order valence-electron chi connectivity index (χ1n) is 9.03. The Kier molecular flexibility index (Phi) is 5.16. The van der Waals surface area contributed by atoms with Crippen LogP contribution in [0.25, 0.3) is 0 Å². The number of sulfonamides is 1. The molecule has 0 spiro atoms. The SMILES string of the molecule is O=C(Cc1ccc(F)cc1)Nc1[nH]nc2c1CN(S(=O)(=O)Cc1ccccc1)C2. The number of nitrogens with one attached hydrogen (secondary N) is 2. The van der Waals surface area contributed by atoms with Gasteiger partial charge in [0.1, 0.15) is 11.6 Å². The second kappa shape index (κ2) is 7.76. The zero-order valence-corrected chi connectivity index (χ0v) is 16.2. The number of rotatable bonds is 6. The summed E-state index contributed by atoms with van der Waals surface area (Å²) in [6.07, 6.45) is 0.0735. The summed E-state index contributed by atoms with van der Waals surface area (Å²) in [5.74, 6) is -0.357. The van der Waals surface area contributed by atoms with Crippen molar-refractivity contribution in [2.24, 2.45) is 0 Å². The van der Waals surface area contributed by atoms with Crippen LogP contribution in [0.5, 0.6) is 0 Å². The standard InChI is InChI=1S/C20H19FN4O3S/c21-16-8-6-14(7-9-16)10-19(26)22-20-17-11-25(12-18(17)23-24-20)29(27,28)13-15-4-2-1-3-5-15/h1-9H,10-13H2,(H2,22,23,24,26). The highest BCUT2D eigenvalue weighted by molar-refractivity contribution is 7.88.